The van der Waals surface area contributed by atoms with E-state index in [-0.39, 0.29) is 4.90 Å². The van der Waals surface area contributed by atoms with Crippen LogP contribution in [-0.4, -0.2) is 48.6 Å². The molecular formula is C18H18ClN3O3S. The molecule has 2 aromatic carbocycles. The summed E-state index contributed by atoms with van der Waals surface area (Å²) in [5.41, 5.74) is 1.24. The van der Waals surface area contributed by atoms with Crippen molar-refractivity contribution in [1.82, 2.24) is 13.9 Å². The molecule has 0 atom stereocenters. The monoisotopic (exact) mass is 391 g/mol. The number of morpholine rings is 1. The minimum Gasteiger partial charge on any atom is -0.379 e. The lowest BCUT2D eigenvalue weighted by atomic mass is 10.3. The number of imidazole rings is 1. The second kappa shape index (κ2) is 7.00. The van der Waals surface area contributed by atoms with Gasteiger partial charge in [-0.15, -0.1) is 0 Å². The van der Waals surface area contributed by atoms with Gasteiger partial charge in [0.2, 0.25) is 0 Å². The Morgan fingerprint density at radius 3 is 2.46 bits per heavy atom. The van der Waals surface area contributed by atoms with Crippen molar-refractivity contribution in [3.05, 3.63) is 59.4 Å². The van der Waals surface area contributed by atoms with Gasteiger partial charge in [0.05, 0.1) is 35.7 Å². The van der Waals surface area contributed by atoms with Gasteiger partial charge in [-0.2, -0.15) is 0 Å². The van der Waals surface area contributed by atoms with E-state index in [4.69, 9.17) is 16.3 Å². The molecule has 1 aromatic heterocycles. The molecule has 1 aliphatic heterocycles. The first-order valence-corrected chi connectivity index (χ1v) is 10.1. The highest BCUT2D eigenvalue weighted by Gasteiger charge is 2.25. The maximum absolute atomic E-state index is 13.3. The third kappa shape index (κ3) is 3.23. The second-order valence-electron chi connectivity index (χ2n) is 6.13. The summed E-state index contributed by atoms with van der Waals surface area (Å²) in [5, 5.41) is 0.493. The van der Waals surface area contributed by atoms with Crippen molar-refractivity contribution in [3.8, 4) is 0 Å². The maximum atomic E-state index is 13.3. The van der Waals surface area contributed by atoms with E-state index in [9.17, 15) is 8.42 Å². The van der Waals surface area contributed by atoms with Crippen LogP contribution in [0.1, 0.15) is 5.82 Å². The molecule has 1 fully saturated rings. The van der Waals surface area contributed by atoms with Crippen molar-refractivity contribution in [2.75, 3.05) is 26.3 Å². The summed E-state index contributed by atoms with van der Waals surface area (Å²) in [6.07, 6.45) is 0. The third-order valence-corrected chi connectivity index (χ3v) is 6.41. The number of para-hydroxylation sites is 2. The van der Waals surface area contributed by atoms with Gasteiger partial charge in [-0.25, -0.2) is 17.4 Å². The summed E-state index contributed by atoms with van der Waals surface area (Å²) in [5.74, 6) is 0.503. The average Bonchev–Trinajstić information content (AvgIpc) is 3.01. The van der Waals surface area contributed by atoms with Crippen LogP contribution in [0.3, 0.4) is 0 Å². The van der Waals surface area contributed by atoms with Gasteiger partial charge in [0.15, 0.2) is 0 Å². The molecule has 0 unspecified atom stereocenters. The van der Waals surface area contributed by atoms with Crippen molar-refractivity contribution < 1.29 is 13.2 Å². The first-order chi connectivity index (χ1) is 12.6. The van der Waals surface area contributed by atoms with E-state index < -0.39 is 10.0 Å². The molecule has 4 rings (SSSR count). The SMILES string of the molecule is O=S(=O)(c1ccc(Cl)cc1)n1c(CN2CCOCC2)nc2ccccc21. The number of fused-ring (bicyclic) bond motifs is 1. The number of benzene rings is 2. The van der Waals surface area contributed by atoms with Crippen LogP contribution in [0.2, 0.25) is 5.02 Å². The van der Waals surface area contributed by atoms with Gasteiger partial charge in [0.25, 0.3) is 10.0 Å². The molecule has 0 bridgehead atoms. The average molecular weight is 392 g/mol. The predicted molar refractivity (Wildman–Crippen MR) is 99.9 cm³/mol. The Morgan fingerprint density at radius 1 is 1.04 bits per heavy atom. The van der Waals surface area contributed by atoms with Crippen molar-refractivity contribution in [3.63, 3.8) is 0 Å². The quantitative estimate of drug-likeness (QED) is 0.684. The molecule has 0 amide bonds. The molecule has 3 aromatic rings. The predicted octanol–water partition coefficient (Wildman–Crippen LogP) is 2.76. The lowest BCUT2D eigenvalue weighted by Crippen LogP contribution is -2.36. The fourth-order valence-electron chi connectivity index (χ4n) is 3.09. The van der Waals surface area contributed by atoms with Crippen molar-refractivity contribution in [2.45, 2.75) is 11.4 Å². The van der Waals surface area contributed by atoms with Gasteiger partial charge in [0, 0.05) is 18.1 Å². The summed E-state index contributed by atoms with van der Waals surface area (Å²) in [6, 6.07) is 13.5. The molecule has 0 saturated carbocycles. The fraction of sp³-hybridized carbons (Fsp3) is 0.278. The Labute approximate surface area is 157 Å². The van der Waals surface area contributed by atoms with Crippen LogP contribution in [-0.2, 0) is 21.3 Å². The Balaban J connectivity index is 1.84. The summed E-state index contributed by atoms with van der Waals surface area (Å²) in [7, 11) is -3.78. The third-order valence-electron chi connectivity index (χ3n) is 4.41. The Hall–Kier alpha value is -1.93. The van der Waals surface area contributed by atoms with Crippen LogP contribution >= 0.6 is 11.6 Å². The van der Waals surface area contributed by atoms with E-state index in [2.05, 4.69) is 9.88 Å². The molecule has 2 heterocycles. The highest BCUT2D eigenvalue weighted by atomic mass is 35.5. The van der Waals surface area contributed by atoms with Gasteiger partial charge in [-0.1, -0.05) is 23.7 Å². The lowest BCUT2D eigenvalue weighted by molar-refractivity contribution is 0.0330. The van der Waals surface area contributed by atoms with Crippen LogP contribution in [0.15, 0.2) is 53.4 Å². The molecule has 8 heteroatoms. The summed E-state index contributed by atoms with van der Waals surface area (Å²) < 4.78 is 33.4. The van der Waals surface area contributed by atoms with Gasteiger partial charge in [0.1, 0.15) is 5.82 Å². The van der Waals surface area contributed by atoms with Crippen LogP contribution < -0.4 is 0 Å². The van der Waals surface area contributed by atoms with E-state index >= 15 is 0 Å². The molecule has 136 valence electrons. The minimum absolute atomic E-state index is 0.188. The van der Waals surface area contributed by atoms with E-state index in [0.29, 0.717) is 41.6 Å². The number of rotatable bonds is 4. The van der Waals surface area contributed by atoms with Crippen LogP contribution in [0, 0.1) is 0 Å². The molecule has 0 radical (unpaired) electrons. The van der Waals surface area contributed by atoms with E-state index in [0.717, 1.165) is 13.1 Å². The van der Waals surface area contributed by atoms with Gasteiger partial charge < -0.3 is 4.74 Å². The van der Waals surface area contributed by atoms with Crippen LogP contribution in [0.5, 0.6) is 0 Å². The highest BCUT2D eigenvalue weighted by molar-refractivity contribution is 7.90. The standard InChI is InChI=1S/C18H18ClN3O3S/c19-14-5-7-15(8-6-14)26(23,24)22-17-4-2-1-3-16(17)20-18(22)13-21-9-11-25-12-10-21/h1-8H,9-13H2. The summed E-state index contributed by atoms with van der Waals surface area (Å²) >= 11 is 5.91. The Morgan fingerprint density at radius 2 is 1.73 bits per heavy atom. The number of hydrogen-bond donors (Lipinski definition) is 0. The Kier molecular flexibility index (Phi) is 4.71. The number of nitrogens with zero attached hydrogens (tertiary/aromatic N) is 3. The zero-order valence-electron chi connectivity index (χ0n) is 14.0. The first kappa shape index (κ1) is 17.5. The van der Waals surface area contributed by atoms with Crippen molar-refractivity contribution >= 4 is 32.7 Å². The zero-order chi connectivity index (χ0) is 18.1. The first-order valence-electron chi connectivity index (χ1n) is 8.33. The fourth-order valence-corrected chi connectivity index (χ4v) is 4.70. The van der Waals surface area contributed by atoms with Crippen molar-refractivity contribution in [2.24, 2.45) is 0 Å². The van der Waals surface area contributed by atoms with Gasteiger partial charge >= 0.3 is 0 Å². The van der Waals surface area contributed by atoms with Crippen LogP contribution in [0.25, 0.3) is 11.0 Å². The molecule has 6 nitrogen and oxygen atoms in total. The molecular weight excluding hydrogens is 374 g/mol. The number of aromatic nitrogens is 2. The molecule has 0 spiro atoms. The molecule has 1 saturated heterocycles. The minimum atomic E-state index is -3.78. The van der Waals surface area contributed by atoms with E-state index in [1.807, 2.05) is 18.2 Å². The largest absolute Gasteiger partial charge is 0.379 e. The summed E-state index contributed by atoms with van der Waals surface area (Å²) in [6.45, 7) is 3.24. The molecule has 1 aliphatic rings. The lowest BCUT2D eigenvalue weighted by Gasteiger charge is -2.26. The van der Waals surface area contributed by atoms with Crippen LogP contribution in [0.4, 0.5) is 0 Å². The highest BCUT2D eigenvalue weighted by Crippen LogP contribution is 2.25. The number of hydrogen-bond acceptors (Lipinski definition) is 5. The van der Waals surface area contributed by atoms with E-state index in [1.165, 1.54) is 16.1 Å². The summed E-state index contributed by atoms with van der Waals surface area (Å²) in [4.78, 5) is 6.93. The number of halogens is 1. The normalized spacial score (nSPS) is 16.2. The zero-order valence-corrected chi connectivity index (χ0v) is 15.6. The maximum Gasteiger partial charge on any atom is 0.269 e. The smallest absolute Gasteiger partial charge is 0.269 e. The van der Waals surface area contributed by atoms with Gasteiger partial charge in [-0.3, -0.25) is 4.90 Å². The number of ether oxygens (including phenoxy) is 1. The molecule has 26 heavy (non-hydrogen) atoms. The molecule has 0 aliphatic carbocycles. The van der Waals surface area contributed by atoms with Crippen molar-refractivity contribution in [1.29, 1.82) is 0 Å². The van der Waals surface area contributed by atoms with Gasteiger partial charge in [-0.05, 0) is 36.4 Å². The Bertz CT molecular complexity index is 1030. The topological polar surface area (TPSA) is 64.4 Å². The van der Waals surface area contributed by atoms with E-state index in [1.54, 1.807) is 18.2 Å². The second-order valence-corrected chi connectivity index (χ2v) is 8.35. The molecule has 0 N–H and O–H groups in total.